The van der Waals surface area contributed by atoms with E-state index in [2.05, 4.69) is 10.3 Å². The highest BCUT2D eigenvalue weighted by Crippen LogP contribution is 2.33. The number of likely N-dealkylation sites (N-methyl/N-ethyl adjacent to an activating group) is 1. The lowest BCUT2D eigenvalue weighted by molar-refractivity contribution is -0.197. The van der Waals surface area contributed by atoms with Crippen molar-refractivity contribution < 1.29 is 24.3 Å². The van der Waals surface area contributed by atoms with Crippen molar-refractivity contribution in [1.29, 1.82) is 0 Å². The van der Waals surface area contributed by atoms with Gasteiger partial charge in [0.1, 0.15) is 12.2 Å². The molecule has 202 valence electrons. The molecule has 2 saturated heterocycles. The Kier molecular flexibility index (Phi) is 7.16. The maximum atomic E-state index is 13.8. The number of aromatic nitrogens is 1. The molecule has 0 aliphatic carbocycles. The number of rotatable bonds is 6. The van der Waals surface area contributed by atoms with Crippen LogP contribution in [0.15, 0.2) is 66.9 Å². The summed E-state index contributed by atoms with van der Waals surface area (Å²) in [4.78, 5) is 59.8. The van der Waals surface area contributed by atoms with Gasteiger partial charge in [0, 0.05) is 31.7 Å². The molecular formula is C28H30N6O5. The van der Waals surface area contributed by atoms with Gasteiger partial charge in [-0.2, -0.15) is 0 Å². The minimum atomic E-state index is -1.25. The smallest absolute Gasteiger partial charge is 0.334 e. The molecule has 2 aliphatic heterocycles. The van der Waals surface area contributed by atoms with Gasteiger partial charge >= 0.3 is 12.0 Å². The summed E-state index contributed by atoms with van der Waals surface area (Å²) in [6, 6.07) is 16.5. The number of carbonyl (C=O) groups excluding carboxylic acids is 3. The first kappa shape index (κ1) is 26.1. The van der Waals surface area contributed by atoms with Crippen LogP contribution in [0.5, 0.6) is 0 Å². The first-order chi connectivity index (χ1) is 18.8. The third kappa shape index (κ3) is 5.00. The van der Waals surface area contributed by atoms with Gasteiger partial charge in [-0.15, -0.1) is 0 Å². The summed E-state index contributed by atoms with van der Waals surface area (Å²) in [5.74, 6) is -2.09. The molecule has 2 aliphatic rings. The van der Waals surface area contributed by atoms with Gasteiger partial charge in [0.2, 0.25) is 11.8 Å². The van der Waals surface area contributed by atoms with E-state index in [-0.39, 0.29) is 19.6 Å². The van der Waals surface area contributed by atoms with Gasteiger partial charge in [0.15, 0.2) is 0 Å². The lowest BCUT2D eigenvalue weighted by Gasteiger charge is -2.57. The van der Waals surface area contributed by atoms with Crippen molar-refractivity contribution in [2.24, 2.45) is 0 Å². The number of hydrazine groups is 1. The molecule has 11 nitrogen and oxygen atoms in total. The third-order valence-corrected chi connectivity index (χ3v) is 7.30. The number of nitrogens with one attached hydrogen (secondary N) is 1. The summed E-state index contributed by atoms with van der Waals surface area (Å²) in [6.07, 6.45) is 0.203. The van der Waals surface area contributed by atoms with Crippen molar-refractivity contribution in [1.82, 2.24) is 30.1 Å². The van der Waals surface area contributed by atoms with Gasteiger partial charge in [-0.1, -0.05) is 54.6 Å². The van der Waals surface area contributed by atoms with E-state index in [9.17, 15) is 24.3 Å². The van der Waals surface area contributed by atoms with Crippen molar-refractivity contribution in [3.8, 4) is 0 Å². The summed E-state index contributed by atoms with van der Waals surface area (Å²) in [5, 5.41) is 16.4. The second-order valence-corrected chi connectivity index (χ2v) is 9.83. The number of nitrogens with zero attached hydrogens (tertiary/aromatic N) is 5. The Morgan fingerprint density at radius 3 is 2.54 bits per heavy atom. The minimum absolute atomic E-state index is 0.145. The van der Waals surface area contributed by atoms with E-state index < -0.39 is 48.5 Å². The van der Waals surface area contributed by atoms with E-state index >= 15 is 0 Å². The highest BCUT2D eigenvalue weighted by atomic mass is 16.4. The standard InChI is InChI=1S/C28H30N6O5/c1-18-26-33(23(35)17-31(2)34(26)28(39)30-15-19-8-4-3-5-9-19)22(14-24(36)37)27(38)32(18)16-21-11-6-10-20-12-7-13-29-25(20)21/h3-13,18,22,26H,14-17H2,1-2H3,(H,30,39)(H,36,37)/t18-,22-,26-/m0/s1. The summed E-state index contributed by atoms with van der Waals surface area (Å²) in [5.41, 5.74) is 2.41. The molecule has 11 heteroatoms. The Balaban J connectivity index is 1.50. The Bertz CT molecular complexity index is 1410. The van der Waals surface area contributed by atoms with Gasteiger partial charge in [0.05, 0.1) is 24.5 Å². The second kappa shape index (κ2) is 10.7. The number of aliphatic carboxylic acids is 1. The molecule has 2 N–H and O–H groups in total. The van der Waals surface area contributed by atoms with E-state index in [1.165, 1.54) is 14.9 Å². The zero-order chi connectivity index (χ0) is 27.7. The Labute approximate surface area is 225 Å². The number of carboxylic acid groups (broad SMARTS) is 1. The molecule has 39 heavy (non-hydrogen) atoms. The maximum absolute atomic E-state index is 13.8. The van der Waals surface area contributed by atoms with Crippen LogP contribution in [-0.4, -0.2) is 85.6 Å². The molecule has 1 aromatic heterocycles. The predicted octanol–water partition coefficient (Wildman–Crippen LogP) is 2.04. The van der Waals surface area contributed by atoms with Crippen molar-refractivity contribution in [2.75, 3.05) is 13.6 Å². The zero-order valence-electron chi connectivity index (χ0n) is 21.7. The molecule has 0 saturated carbocycles. The summed E-state index contributed by atoms with van der Waals surface area (Å²) in [7, 11) is 1.63. The fourth-order valence-corrected chi connectivity index (χ4v) is 5.47. The Morgan fingerprint density at radius 2 is 1.79 bits per heavy atom. The summed E-state index contributed by atoms with van der Waals surface area (Å²) in [6.45, 7) is 2.02. The van der Waals surface area contributed by atoms with Crippen LogP contribution < -0.4 is 5.32 Å². The first-order valence-corrected chi connectivity index (χ1v) is 12.7. The number of pyridine rings is 1. The number of urea groups is 1. The van der Waals surface area contributed by atoms with Gasteiger partial charge in [-0.3, -0.25) is 19.4 Å². The number of hydrogen-bond acceptors (Lipinski definition) is 6. The molecule has 2 fully saturated rings. The molecule has 0 spiro atoms. The molecule has 5 rings (SSSR count). The topological polar surface area (TPSA) is 126 Å². The zero-order valence-corrected chi connectivity index (χ0v) is 21.7. The number of hydrogen-bond donors (Lipinski definition) is 2. The van der Waals surface area contributed by atoms with Crippen molar-refractivity contribution in [2.45, 2.75) is 44.7 Å². The van der Waals surface area contributed by atoms with E-state index in [0.717, 1.165) is 22.0 Å². The summed E-state index contributed by atoms with van der Waals surface area (Å²) >= 11 is 0. The van der Waals surface area contributed by atoms with Crippen molar-refractivity contribution in [3.63, 3.8) is 0 Å². The SMILES string of the molecule is C[C@H]1[C@H]2N(C(=O)CN(C)N2C(=O)NCc2ccccc2)[C@@H](CC(=O)O)C(=O)N1Cc1cccc2cccnc12. The number of amides is 4. The molecule has 3 heterocycles. The Hall–Kier alpha value is -4.51. The number of carbonyl (C=O) groups is 4. The molecule has 0 unspecified atom stereocenters. The minimum Gasteiger partial charge on any atom is -0.481 e. The normalized spacial score (nSPS) is 21.7. The lowest BCUT2D eigenvalue weighted by atomic mass is 9.97. The fraction of sp³-hybridized carbons (Fsp3) is 0.321. The van der Waals surface area contributed by atoms with Crippen LogP contribution in [0.1, 0.15) is 24.5 Å². The van der Waals surface area contributed by atoms with Gasteiger partial charge in [-0.05, 0) is 24.1 Å². The highest BCUT2D eigenvalue weighted by molar-refractivity contribution is 5.94. The molecule has 4 amide bonds. The lowest BCUT2D eigenvalue weighted by Crippen LogP contribution is -2.78. The highest BCUT2D eigenvalue weighted by Gasteiger charge is 2.54. The van der Waals surface area contributed by atoms with Crippen molar-refractivity contribution in [3.05, 3.63) is 78.0 Å². The number of carboxylic acids is 1. The number of piperazine rings is 1. The fourth-order valence-electron chi connectivity index (χ4n) is 5.47. The predicted molar refractivity (Wildman–Crippen MR) is 142 cm³/mol. The largest absolute Gasteiger partial charge is 0.481 e. The Morgan fingerprint density at radius 1 is 1.05 bits per heavy atom. The number of benzene rings is 2. The van der Waals surface area contributed by atoms with Crippen LogP contribution in [0.3, 0.4) is 0 Å². The molecule has 0 radical (unpaired) electrons. The van der Waals surface area contributed by atoms with Crippen LogP contribution in [0.2, 0.25) is 0 Å². The molecule has 0 bridgehead atoms. The average Bonchev–Trinajstić information content (AvgIpc) is 2.92. The van der Waals surface area contributed by atoms with Gasteiger partial charge in [-0.25, -0.2) is 14.8 Å². The summed E-state index contributed by atoms with van der Waals surface area (Å²) < 4.78 is 0. The van der Waals surface area contributed by atoms with Crippen LogP contribution in [0.25, 0.3) is 10.9 Å². The third-order valence-electron chi connectivity index (χ3n) is 7.30. The maximum Gasteiger partial charge on any atom is 0.334 e. The molecule has 3 aromatic rings. The molecular weight excluding hydrogens is 500 g/mol. The van der Waals surface area contributed by atoms with Crippen LogP contribution in [0.4, 0.5) is 4.79 Å². The van der Waals surface area contributed by atoms with E-state index in [1.54, 1.807) is 25.1 Å². The average molecular weight is 531 g/mol. The van der Waals surface area contributed by atoms with Crippen LogP contribution in [-0.2, 0) is 27.5 Å². The van der Waals surface area contributed by atoms with E-state index in [4.69, 9.17) is 0 Å². The number of fused-ring (bicyclic) bond motifs is 2. The first-order valence-electron chi connectivity index (χ1n) is 12.7. The van der Waals surface area contributed by atoms with E-state index in [1.807, 2.05) is 60.7 Å². The second-order valence-electron chi connectivity index (χ2n) is 9.83. The van der Waals surface area contributed by atoms with Crippen LogP contribution >= 0.6 is 0 Å². The molecule has 2 aromatic carbocycles. The van der Waals surface area contributed by atoms with Crippen molar-refractivity contribution >= 4 is 34.7 Å². The van der Waals surface area contributed by atoms with Gasteiger partial charge in [0.25, 0.3) is 0 Å². The molecule has 3 atom stereocenters. The quantitative estimate of drug-likeness (QED) is 0.499. The van der Waals surface area contributed by atoms with Crippen LogP contribution in [0, 0.1) is 0 Å². The van der Waals surface area contributed by atoms with Gasteiger partial charge < -0.3 is 20.2 Å². The number of para-hydroxylation sites is 1. The monoisotopic (exact) mass is 530 g/mol. The van der Waals surface area contributed by atoms with E-state index in [0.29, 0.717) is 0 Å².